The maximum absolute atomic E-state index is 15.8. The van der Waals surface area contributed by atoms with Gasteiger partial charge in [-0.15, -0.1) is 11.8 Å². The molecule has 0 aliphatic carbocycles. The zero-order valence-electron chi connectivity index (χ0n) is 75.0. The average molecular weight is 1850 g/mol. The number of carboxylic acid groups (broad SMARTS) is 2. The molecule has 0 spiro atoms. The van der Waals surface area contributed by atoms with Crippen molar-refractivity contribution in [1.82, 2.24) is 87.6 Å². The molecule has 15 atom stereocenters. The lowest BCUT2D eigenvalue weighted by atomic mass is 9.99. The summed E-state index contributed by atoms with van der Waals surface area (Å²) in [5.41, 5.74) is 27.0. The minimum Gasteiger partial charge on any atom is -0.497 e. The van der Waals surface area contributed by atoms with Gasteiger partial charge in [0, 0.05) is 132 Å². The number of aliphatic hydroxyl groups excluding tert-OH is 1. The maximum Gasteiger partial charge on any atom is 0.303 e. The number of aromatic amines is 2. The Morgan fingerprint density at radius 2 is 0.977 bits per heavy atom. The third-order valence-corrected chi connectivity index (χ3v) is 24.8. The van der Waals surface area contributed by atoms with Crippen LogP contribution in [0.2, 0.25) is 0 Å². The number of carboxylic acids is 2. The van der Waals surface area contributed by atoms with E-state index in [2.05, 4.69) is 63.1 Å². The van der Waals surface area contributed by atoms with Crippen molar-refractivity contribution in [2.24, 2.45) is 22.9 Å². The molecule has 716 valence electrons. The summed E-state index contributed by atoms with van der Waals surface area (Å²) in [4.78, 5) is 260. The zero-order chi connectivity index (χ0) is 95.9. The van der Waals surface area contributed by atoms with E-state index < -0.39 is 242 Å². The molecule has 3 fully saturated rings. The van der Waals surface area contributed by atoms with Crippen molar-refractivity contribution >= 4 is 134 Å². The van der Waals surface area contributed by atoms with Crippen molar-refractivity contribution in [3.05, 3.63) is 102 Å². The molecule has 0 saturated carbocycles. The fourth-order valence-corrected chi connectivity index (χ4v) is 17.0. The molecule has 8 rings (SSSR count). The number of thioether (sulfide) groups is 1. The number of likely N-dealkylation sites (N-methyl/N-ethyl adjacent to an activating group) is 3. The first-order valence-corrected chi connectivity index (χ1v) is 45.4. The number of amides is 15. The number of hydrogen-bond donors (Lipinski definition) is 19. The highest BCUT2D eigenvalue weighted by Gasteiger charge is 2.46. The Bertz CT molecular complexity index is 4840. The number of aliphatic carboxylic acids is 2. The van der Waals surface area contributed by atoms with E-state index in [4.69, 9.17) is 27.7 Å². The molecular formula is C88H127N21O21S. The predicted octanol–water partition coefficient (Wildman–Crippen LogP) is -2.91. The lowest BCUT2D eigenvalue weighted by Gasteiger charge is -2.36. The lowest BCUT2D eigenvalue weighted by Crippen LogP contribution is -2.61. The summed E-state index contributed by atoms with van der Waals surface area (Å²) < 4.78 is 5.34. The van der Waals surface area contributed by atoms with Crippen molar-refractivity contribution in [3.8, 4) is 5.75 Å². The molecule has 3 aliphatic rings. The summed E-state index contributed by atoms with van der Waals surface area (Å²) in [5, 5.41) is 59.2. The van der Waals surface area contributed by atoms with E-state index >= 15 is 33.6 Å². The average Bonchev–Trinajstić information content (AvgIpc) is 1.69. The number of ether oxygens (including phenoxy) is 1. The summed E-state index contributed by atoms with van der Waals surface area (Å²) in [5.74, 6) is -16.8. The van der Waals surface area contributed by atoms with Crippen LogP contribution in [0.1, 0.15) is 134 Å². The summed E-state index contributed by atoms with van der Waals surface area (Å²) in [6, 6.07) is -0.841. The maximum atomic E-state index is 15.8. The SMILES string of the molecule is CCCC[C@H]1C(=O)N(C)[C@@H](CCCC)C(=O)N[C@@H](CCC(=O)O)C(=O)N[C@H](C(=O)NCCN)CSCC(=O)N[C@@H](Cc2ccc(OC)cc2)C(=O)N(C)[C@@H](C)C(=O)N[C@@H](CCN)C(=O)N2CCCC2C(=O)N[C@@H](CN)C(=O)N[C@@H](CCC(=O)O)C(=O)N2C[C@H](O)CC2C(=O)N[C@@H](Cc2c[nH]c3ccccc23)C(=O)N[C@@H](CCN)C(=O)N[C@@H](Cc2c[nH]c3ccccc23)C(=O)N1C. The normalized spacial score (nSPS) is 25.2. The van der Waals surface area contributed by atoms with E-state index in [-0.39, 0.29) is 96.3 Å². The second kappa shape index (κ2) is 50.7. The molecule has 5 heterocycles. The van der Waals surface area contributed by atoms with Gasteiger partial charge < -0.3 is 131 Å². The Kier molecular flexibility index (Phi) is 40.3. The van der Waals surface area contributed by atoms with E-state index in [9.17, 15) is 63.3 Å². The van der Waals surface area contributed by atoms with E-state index in [0.717, 1.165) is 31.4 Å². The third-order valence-electron chi connectivity index (χ3n) is 23.7. The van der Waals surface area contributed by atoms with Crippen LogP contribution in [0.4, 0.5) is 0 Å². The molecule has 3 aromatic carbocycles. The molecule has 23 N–H and O–H groups in total. The number of H-pyrrole nitrogens is 2. The molecule has 2 aromatic heterocycles. The topological polar surface area (TPSA) is 632 Å². The molecule has 3 aliphatic heterocycles. The van der Waals surface area contributed by atoms with Crippen LogP contribution in [0, 0.1) is 0 Å². The van der Waals surface area contributed by atoms with Gasteiger partial charge in [0.15, 0.2) is 0 Å². The minimum atomic E-state index is -1.79. The Balaban J connectivity index is 1.19. The number of unbranched alkanes of at least 4 members (excludes halogenated alkanes) is 2. The van der Waals surface area contributed by atoms with Crippen molar-refractivity contribution in [1.29, 1.82) is 0 Å². The zero-order valence-corrected chi connectivity index (χ0v) is 75.8. The number of carbonyl (C=O) groups is 17. The Hall–Kier alpha value is -12.3. The standard InChI is InChI=1S/C88H127N21O21S/c1-8-10-21-68-81(122)98-59(28-30-73(112)113)77(118)104-67(76(117)93-37-36-91)47-131-48-72(111)96-64(39-50-24-26-54(130-7)27-25-50)84(125)105(4)49(3)75(116)99-62(33-35-90)86(127)108-38-16-23-69(108)82(123)103-66(43-92)80(121)100-61(29-31-74(114)115)87(128)109-46-53(110)42-71(109)83(124)101-63(40-51-44-94-57-19-14-12-17-55(51)57)79(120)97-60(32-34-89)78(119)102-65(41-52-45-95-58-20-15-13-18-56(52)58)85(126)107(6)70(22-11-9-2)88(129)106(68)5/h12-15,17-20,24-27,44-45,49,53,59-71,94-95,110H,8-11,16,21-23,28-43,46-48,89-92H2,1-7H3,(H,93,117)(H,96,111)(H,97,120)(H,98,122)(H,99,116)(H,100,121)(H,101,124)(H,102,119)(H,103,123)(H,104,118)(H,112,113)(H,114,115)/t49-,53+,59-,60-,61-,62-,63-,64-,65-,66-,67-,68-,69?,70-,71?/m0/s1. The molecule has 2 unspecified atom stereocenters. The highest BCUT2D eigenvalue weighted by atomic mass is 32.2. The monoisotopic (exact) mass is 1850 g/mol. The Morgan fingerprint density at radius 1 is 0.496 bits per heavy atom. The number of aromatic nitrogens is 2. The second-order valence-electron chi connectivity index (χ2n) is 33.1. The predicted molar refractivity (Wildman–Crippen MR) is 483 cm³/mol. The molecule has 15 amide bonds. The van der Waals surface area contributed by atoms with Crippen LogP contribution in [0.15, 0.2) is 85.2 Å². The Labute approximate surface area is 762 Å². The molecule has 0 radical (unpaired) electrons. The Morgan fingerprint density at radius 3 is 1.57 bits per heavy atom. The van der Waals surface area contributed by atoms with Crippen LogP contribution in [0.5, 0.6) is 5.75 Å². The number of benzene rings is 3. The van der Waals surface area contributed by atoms with Gasteiger partial charge in [-0.2, -0.15) is 0 Å². The minimum absolute atomic E-state index is 0.00617. The highest BCUT2D eigenvalue weighted by Crippen LogP contribution is 2.28. The van der Waals surface area contributed by atoms with Crippen LogP contribution in [0.25, 0.3) is 21.8 Å². The highest BCUT2D eigenvalue weighted by molar-refractivity contribution is 8.00. The number of hydrogen-bond acceptors (Lipinski definition) is 24. The largest absolute Gasteiger partial charge is 0.497 e. The van der Waals surface area contributed by atoms with Crippen LogP contribution >= 0.6 is 11.8 Å². The molecule has 42 nitrogen and oxygen atoms in total. The lowest BCUT2D eigenvalue weighted by molar-refractivity contribution is -0.149. The van der Waals surface area contributed by atoms with Crippen molar-refractivity contribution in [3.63, 3.8) is 0 Å². The smallest absolute Gasteiger partial charge is 0.303 e. The second-order valence-corrected chi connectivity index (χ2v) is 34.1. The van der Waals surface area contributed by atoms with Crippen LogP contribution in [-0.4, -0.2) is 327 Å². The summed E-state index contributed by atoms with van der Waals surface area (Å²) in [6.07, 6.45) is -0.622. The van der Waals surface area contributed by atoms with Gasteiger partial charge in [-0.3, -0.25) is 81.5 Å². The molecule has 43 heteroatoms. The summed E-state index contributed by atoms with van der Waals surface area (Å²) >= 11 is 0.827. The number of carbonyl (C=O) groups excluding carboxylic acids is 15. The quantitative estimate of drug-likeness (QED) is 0.0251. The van der Waals surface area contributed by atoms with Gasteiger partial charge in [0.1, 0.15) is 90.3 Å². The summed E-state index contributed by atoms with van der Waals surface area (Å²) in [7, 11) is 5.41. The number of rotatable bonds is 27. The number of nitrogens with two attached hydrogens (primary N) is 4. The fraction of sp³-hybridized carbons (Fsp3) is 0.557. The van der Waals surface area contributed by atoms with Gasteiger partial charge in [-0.1, -0.05) is 88.1 Å². The van der Waals surface area contributed by atoms with Crippen molar-refractivity contribution < 1.29 is 102 Å². The van der Waals surface area contributed by atoms with Gasteiger partial charge in [-0.25, -0.2) is 0 Å². The van der Waals surface area contributed by atoms with Gasteiger partial charge >= 0.3 is 11.9 Å². The number of para-hydroxylation sites is 2. The number of nitrogens with zero attached hydrogens (tertiary/aromatic N) is 5. The van der Waals surface area contributed by atoms with Crippen LogP contribution < -0.4 is 80.8 Å². The third kappa shape index (κ3) is 28.8. The molecular weight excluding hydrogens is 1720 g/mol. The number of nitrogens with one attached hydrogen (secondary N) is 12. The van der Waals surface area contributed by atoms with E-state index in [1.807, 2.05) is 13.8 Å². The first-order chi connectivity index (χ1) is 62.6. The van der Waals surface area contributed by atoms with Gasteiger partial charge in [0.05, 0.1) is 19.0 Å². The van der Waals surface area contributed by atoms with Gasteiger partial charge in [0.2, 0.25) is 88.6 Å². The van der Waals surface area contributed by atoms with Gasteiger partial charge in [0.25, 0.3) is 0 Å². The molecule has 3 saturated heterocycles. The molecule has 5 aromatic rings. The van der Waals surface area contributed by atoms with E-state index in [1.54, 1.807) is 85.2 Å². The van der Waals surface area contributed by atoms with Gasteiger partial charge in [-0.05, 0) is 112 Å². The van der Waals surface area contributed by atoms with Crippen molar-refractivity contribution in [2.45, 2.75) is 227 Å². The summed E-state index contributed by atoms with van der Waals surface area (Å²) in [6.45, 7) is 3.19. The first-order valence-electron chi connectivity index (χ1n) is 44.2. The number of aliphatic hydroxyl groups is 1. The number of methoxy groups -OCH3 is 1. The number of fused-ring (bicyclic) bond motifs is 4. The van der Waals surface area contributed by atoms with Crippen LogP contribution in [-0.2, 0) is 101 Å². The molecule has 0 bridgehead atoms. The molecule has 131 heavy (non-hydrogen) atoms. The van der Waals surface area contributed by atoms with E-state index in [1.165, 1.54) is 40.1 Å². The van der Waals surface area contributed by atoms with Crippen molar-refractivity contribution in [2.75, 3.05) is 85.6 Å². The first kappa shape index (κ1) is 104. The fourth-order valence-electron chi connectivity index (χ4n) is 16.2. The van der Waals surface area contributed by atoms with E-state index in [0.29, 0.717) is 69.9 Å². The van der Waals surface area contributed by atoms with Crippen LogP contribution in [0.3, 0.4) is 0 Å².